The van der Waals surface area contributed by atoms with Crippen molar-refractivity contribution in [2.45, 2.75) is 26.7 Å². The summed E-state index contributed by atoms with van der Waals surface area (Å²) in [6.07, 6.45) is 6.90. The zero-order valence-electron chi connectivity index (χ0n) is 10.5. The number of allylic oxidation sites excluding steroid dienone is 6. The summed E-state index contributed by atoms with van der Waals surface area (Å²) in [5.41, 5.74) is 7.66. The quantitative estimate of drug-likeness (QED) is 0.677. The van der Waals surface area contributed by atoms with Gasteiger partial charge >= 0.3 is 0 Å². The predicted molar refractivity (Wildman–Crippen MR) is 73.6 cm³/mol. The van der Waals surface area contributed by atoms with E-state index in [1.807, 2.05) is 0 Å². The Labute approximate surface area is 103 Å². The van der Waals surface area contributed by atoms with Gasteiger partial charge in [-0.3, -0.25) is 0 Å². The zero-order chi connectivity index (χ0) is 11.8. The molecule has 0 aliphatic heterocycles. The highest BCUT2D eigenvalue weighted by molar-refractivity contribution is 5.82. The van der Waals surface area contributed by atoms with Crippen molar-refractivity contribution in [3.05, 3.63) is 64.8 Å². The maximum absolute atomic E-state index is 2.31. The van der Waals surface area contributed by atoms with Crippen LogP contribution in [0.25, 0.3) is 5.57 Å². The SMILES string of the molecule is CC(C)C1=C2CC=CC2=C(c2ccccc2)C1. The Hall–Kier alpha value is -1.56. The summed E-state index contributed by atoms with van der Waals surface area (Å²) in [4.78, 5) is 0. The molecule has 0 unspecified atom stereocenters. The van der Waals surface area contributed by atoms with Crippen LogP contribution < -0.4 is 0 Å². The predicted octanol–water partition coefficient (Wildman–Crippen LogP) is 4.76. The van der Waals surface area contributed by atoms with Crippen molar-refractivity contribution < 1.29 is 0 Å². The van der Waals surface area contributed by atoms with Crippen LogP contribution in [-0.4, -0.2) is 0 Å². The Kier molecular flexibility index (Phi) is 2.51. The van der Waals surface area contributed by atoms with E-state index in [1.54, 1.807) is 11.1 Å². The van der Waals surface area contributed by atoms with Crippen molar-refractivity contribution in [3.63, 3.8) is 0 Å². The monoisotopic (exact) mass is 222 g/mol. The minimum Gasteiger partial charge on any atom is -0.0795 e. The standard InChI is InChI=1S/C17H18/c1-12(2)16-11-17(13-7-4-3-5-8-13)15-10-6-9-14(15)16/h3-8,10,12H,9,11H2,1-2H3. The smallest absolute Gasteiger partial charge is 0.00464 e. The normalized spacial score (nSPS) is 18.5. The number of benzene rings is 1. The summed E-state index contributed by atoms with van der Waals surface area (Å²) in [5.74, 6) is 0.668. The average Bonchev–Trinajstić information content (AvgIpc) is 2.90. The lowest BCUT2D eigenvalue weighted by Gasteiger charge is -2.10. The van der Waals surface area contributed by atoms with E-state index in [9.17, 15) is 0 Å². The van der Waals surface area contributed by atoms with E-state index in [0.29, 0.717) is 5.92 Å². The van der Waals surface area contributed by atoms with Gasteiger partial charge in [0.05, 0.1) is 0 Å². The molecule has 0 atom stereocenters. The third kappa shape index (κ3) is 1.68. The molecule has 0 bridgehead atoms. The van der Waals surface area contributed by atoms with E-state index in [4.69, 9.17) is 0 Å². The van der Waals surface area contributed by atoms with Crippen LogP contribution in [0.5, 0.6) is 0 Å². The van der Waals surface area contributed by atoms with Gasteiger partial charge in [0, 0.05) is 0 Å². The molecular formula is C17H18. The highest BCUT2D eigenvalue weighted by Crippen LogP contribution is 2.45. The van der Waals surface area contributed by atoms with Crippen LogP contribution in [0.2, 0.25) is 0 Å². The Morgan fingerprint density at radius 1 is 1.00 bits per heavy atom. The van der Waals surface area contributed by atoms with Gasteiger partial charge in [-0.15, -0.1) is 0 Å². The molecular weight excluding hydrogens is 204 g/mol. The van der Waals surface area contributed by atoms with Crippen LogP contribution in [0.15, 0.2) is 59.2 Å². The molecule has 1 aromatic carbocycles. The molecule has 2 aliphatic rings. The van der Waals surface area contributed by atoms with Gasteiger partial charge in [0.25, 0.3) is 0 Å². The molecule has 0 heteroatoms. The summed E-state index contributed by atoms with van der Waals surface area (Å²) in [6, 6.07) is 10.8. The third-order valence-corrected chi connectivity index (χ3v) is 3.83. The van der Waals surface area contributed by atoms with Crippen molar-refractivity contribution in [2.24, 2.45) is 5.92 Å². The van der Waals surface area contributed by atoms with E-state index in [2.05, 4.69) is 56.3 Å². The molecule has 0 radical (unpaired) electrons. The summed E-state index contributed by atoms with van der Waals surface area (Å²) in [6.45, 7) is 4.62. The number of rotatable bonds is 2. The lowest BCUT2D eigenvalue weighted by atomic mass is 9.95. The Morgan fingerprint density at radius 2 is 1.76 bits per heavy atom. The van der Waals surface area contributed by atoms with Crippen LogP contribution in [0, 0.1) is 5.92 Å². The molecule has 0 nitrogen and oxygen atoms in total. The lowest BCUT2D eigenvalue weighted by Crippen LogP contribution is -1.94. The minimum absolute atomic E-state index is 0.668. The second kappa shape index (κ2) is 4.03. The molecule has 0 saturated heterocycles. The molecule has 17 heavy (non-hydrogen) atoms. The Balaban J connectivity index is 2.06. The zero-order valence-corrected chi connectivity index (χ0v) is 10.5. The van der Waals surface area contributed by atoms with Crippen molar-refractivity contribution in [3.8, 4) is 0 Å². The molecule has 1 aromatic rings. The van der Waals surface area contributed by atoms with Crippen LogP contribution in [0.3, 0.4) is 0 Å². The molecule has 0 spiro atoms. The van der Waals surface area contributed by atoms with Crippen LogP contribution in [0.1, 0.15) is 32.3 Å². The van der Waals surface area contributed by atoms with Gasteiger partial charge in [-0.25, -0.2) is 0 Å². The molecule has 2 aliphatic carbocycles. The summed E-state index contributed by atoms with van der Waals surface area (Å²) in [5, 5.41) is 0. The van der Waals surface area contributed by atoms with Crippen molar-refractivity contribution in [1.29, 1.82) is 0 Å². The average molecular weight is 222 g/mol. The number of fused-ring (bicyclic) bond motifs is 1. The van der Waals surface area contributed by atoms with E-state index >= 15 is 0 Å². The second-order valence-corrected chi connectivity index (χ2v) is 5.20. The van der Waals surface area contributed by atoms with Gasteiger partial charge < -0.3 is 0 Å². The highest BCUT2D eigenvalue weighted by atomic mass is 14.3. The molecule has 3 rings (SSSR count). The number of hydrogen-bond acceptors (Lipinski definition) is 0. The lowest BCUT2D eigenvalue weighted by molar-refractivity contribution is 0.745. The fraction of sp³-hybridized carbons (Fsp3) is 0.294. The van der Waals surface area contributed by atoms with Gasteiger partial charge in [-0.1, -0.05) is 61.9 Å². The van der Waals surface area contributed by atoms with Gasteiger partial charge in [0.1, 0.15) is 0 Å². The maximum atomic E-state index is 2.31. The minimum atomic E-state index is 0.668. The van der Waals surface area contributed by atoms with Gasteiger partial charge in [0.15, 0.2) is 0 Å². The molecule has 0 saturated carbocycles. The second-order valence-electron chi connectivity index (χ2n) is 5.20. The third-order valence-electron chi connectivity index (χ3n) is 3.83. The first kappa shape index (κ1) is 10.6. The van der Waals surface area contributed by atoms with Crippen molar-refractivity contribution in [1.82, 2.24) is 0 Å². The molecule has 0 aromatic heterocycles. The summed E-state index contributed by atoms with van der Waals surface area (Å²) < 4.78 is 0. The van der Waals surface area contributed by atoms with Crippen molar-refractivity contribution >= 4 is 5.57 Å². The summed E-state index contributed by atoms with van der Waals surface area (Å²) >= 11 is 0. The topological polar surface area (TPSA) is 0 Å². The van der Waals surface area contributed by atoms with E-state index in [-0.39, 0.29) is 0 Å². The van der Waals surface area contributed by atoms with Crippen LogP contribution in [-0.2, 0) is 0 Å². The molecule has 0 fully saturated rings. The first-order valence-corrected chi connectivity index (χ1v) is 6.44. The van der Waals surface area contributed by atoms with Crippen LogP contribution in [0.4, 0.5) is 0 Å². The molecule has 0 heterocycles. The van der Waals surface area contributed by atoms with E-state index in [1.165, 1.54) is 16.7 Å². The van der Waals surface area contributed by atoms with Crippen molar-refractivity contribution in [2.75, 3.05) is 0 Å². The van der Waals surface area contributed by atoms with Crippen LogP contribution >= 0.6 is 0 Å². The number of hydrogen-bond donors (Lipinski definition) is 0. The highest BCUT2D eigenvalue weighted by Gasteiger charge is 2.26. The first-order valence-electron chi connectivity index (χ1n) is 6.44. The van der Waals surface area contributed by atoms with Gasteiger partial charge in [0.2, 0.25) is 0 Å². The molecule has 0 amide bonds. The molecule has 0 N–H and O–H groups in total. The molecule has 86 valence electrons. The van der Waals surface area contributed by atoms with E-state index < -0.39 is 0 Å². The summed E-state index contributed by atoms with van der Waals surface area (Å²) in [7, 11) is 0. The maximum Gasteiger partial charge on any atom is -0.00464 e. The Morgan fingerprint density at radius 3 is 2.47 bits per heavy atom. The first-order chi connectivity index (χ1) is 8.27. The van der Waals surface area contributed by atoms with Gasteiger partial charge in [-0.2, -0.15) is 0 Å². The van der Waals surface area contributed by atoms with Gasteiger partial charge in [-0.05, 0) is 41.0 Å². The Bertz CT molecular complexity index is 524. The fourth-order valence-corrected chi connectivity index (χ4v) is 2.93. The largest absolute Gasteiger partial charge is 0.0795 e. The van der Waals surface area contributed by atoms with E-state index in [0.717, 1.165) is 12.8 Å². The fourth-order valence-electron chi connectivity index (χ4n) is 2.93.